The lowest BCUT2D eigenvalue weighted by Crippen LogP contribution is -2.06. The molecule has 0 aliphatic heterocycles. The van der Waals surface area contributed by atoms with Crippen LogP contribution in [0.1, 0.15) is 17.5 Å². The highest BCUT2D eigenvalue weighted by Gasteiger charge is 2.19. The predicted octanol–water partition coefficient (Wildman–Crippen LogP) is 2.67. The predicted molar refractivity (Wildman–Crippen MR) is 69.1 cm³/mol. The summed E-state index contributed by atoms with van der Waals surface area (Å²) < 4.78 is 5.33. The summed E-state index contributed by atoms with van der Waals surface area (Å²) in [5.74, 6) is 0.834. The van der Waals surface area contributed by atoms with E-state index in [0.717, 1.165) is 40.7 Å². The van der Waals surface area contributed by atoms with Crippen LogP contribution in [0, 0.1) is 11.3 Å². The standard InChI is InChI=1S/C15H13NO2/c1-18-15-6-2-4-13-12(5-3-9-16)11(10-17)7-8-14(13)15/h2-6,10H,7-8H2,1H3/b5-3+. The van der Waals surface area contributed by atoms with Gasteiger partial charge in [0, 0.05) is 17.2 Å². The lowest BCUT2D eigenvalue weighted by atomic mass is 9.85. The molecule has 0 bridgehead atoms. The Morgan fingerprint density at radius 3 is 2.89 bits per heavy atom. The first-order chi connectivity index (χ1) is 8.81. The summed E-state index contributed by atoms with van der Waals surface area (Å²) >= 11 is 0. The van der Waals surface area contributed by atoms with Crippen molar-refractivity contribution in [2.45, 2.75) is 12.8 Å². The van der Waals surface area contributed by atoms with Crippen molar-refractivity contribution < 1.29 is 9.53 Å². The van der Waals surface area contributed by atoms with Gasteiger partial charge in [-0.25, -0.2) is 0 Å². The van der Waals surface area contributed by atoms with Gasteiger partial charge in [0.15, 0.2) is 0 Å². The smallest absolute Gasteiger partial charge is 0.146 e. The molecule has 1 aromatic carbocycles. The largest absolute Gasteiger partial charge is 0.496 e. The summed E-state index contributed by atoms with van der Waals surface area (Å²) in [6.45, 7) is 0. The van der Waals surface area contributed by atoms with Gasteiger partial charge in [-0.15, -0.1) is 0 Å². The molecule has 0 amide bonds. The number of aldehydes is 1. The van der Waals surface area contributed by atoms with Gasteiger partial charge in [-0.05, 0) is 36.1 Å². The first kappa shape index (κ1) is 12.1. The van der Waals surface area contributed by atoms with Gasteiger partial charge in [0.2, 0.25) is 0 Å². The van der Waals surface area contributed by atoms with E-state index in [1.54, 1.807) is 13.2 Å². The van der Waals surface area contributed by atoms with E-state index in [0.29, 0.717) is 6.42 Å². The van der Waals surface area contributed by atoms with Gasteiger partial charge < -0.3 is 4.74 Å². The summed E-state index contributed by atoms with van der Waals surface area (Å²) in [6.07, 6.45) is 5.44. The number of carbonyl (C=O) groups is 1. The van der Waals surface area contributed by atoms with E-state index in [1.165, 1.54) is 6.08 Å². The van der Waals surface area contributed by atoms with Crippen LogP contribution in [0.3, 0.4) is 0 Å². The molecule has 0 saturated carbocycles. The third-order valence-corrected chi connectivity index (χ3v) is 3.10. The second kappa shape index (κ2) is 5.33. The molecule has 1 aliphatic carbocycles. The van der Waals surface area contributed by atoms with Crippen molar-refractivity contribution in [2.75, 3.05) is 7.11 Å². The van der Waals surface area contributed by atoms with Crippen LogP contribution in [0.2, 0.25) is 0 Å². The fourth-order valence-electron chi connectivity index (χ4n) is 2.27. The molecule has 0 N–H and O–H groups in total. The van der Waals surface area contributed by atoms with Crippen LogP contribution in [0.5, 0.6) is 5.75 Å². The number of methoxy groups -OCH3 is 1. The van der Waals surface area contributed by atoms with Crippen LogP contribution in [0.4, 0.5) is 0 Å². The summed E-state index contributed by atoms with van der Waals surface area (Å²) in [6, 6.07) is 7.72. The van der Waals surface area contributed by atoms with Crippen molar-refractivity contribution >= 4 is 11.9 Å². The Labute approximate surface area is 106 Å². The highest BCUT2D eigenvalue weighted by molar-refractivity contribution is 5.94. The minimum atomic E-state index is 0.683. The van der Waals surface area contributed by atoms with Crippen molar-refractivity contribution in [2.24, 2.45) is 0 Å². The third-order valence-electron chi connectivity index (χ3n) is 3.10. The van der Waals surface area contributed by atoms with E-state index in [4.69, 9.17) is 10.00 Å². The van der Waals surface area contributed by atoms with E-state index < -0.39 is 0 Å². The van der Waals surface area contributed by atoms with Crippen LogP contribution in [0.15, 0.2) is 35.9 Å². The first-order valence-electron chi connectivity index (χ1n) is 5.72. The average Bonchev–Trinajstić information content (AvgIpc) is 2.43. The van der Waals surface area contributed by atoms with Gasteiger partial charge in [-0.1, -0.05) is 12.1 Å². The fourth-order valence-corrected chi connectivity index (χ4v) is 2.27. The van der Waals surface area contributed by atoms with Crippen LogP contribution in [0.25, 0.3) is 5.57 Å². The summed E-state index contributed by atoms with van der Waals surface area (Å²) in [5, 5.41) is 8.63. The maximum absolute atomic E-state index is 11.1. The molecule has 0 radical (unpaired) electrons. The molecule has 0 fully saturated rings. The van der Waals surface area contributed by atoms with E-state index in [-0.39, 0.29) is 0 Å². The number of nitriles is 1. The molecular weight excluding hydrogens is 226 g/mol. The normalized spacial score (nSPS) is 14.2. The highest BCUT2D eigenvalue weighted by atomic mass is 16.5. The highest BCUT2D eigenvalue weighted by Crippen LogP contribution is 2.36. The Morgan fingerprint density at radius 1 is 1.39 bits per heavy atom. The average molecular weight is 239 g/mol. The number of nitrogens with zero attached hydrogens (tertiary/aromatic N) is 1. The Bertz CT molecular complexity index is 577. The van der Waals surface area contributed by atoms with Gasteiger partial charge >= 0.3 is 0 Å². The second-order valence-electron chi connectivity index (χ2n) is 4.01. The van der Waals surface area contributed by atoms with Crippen molar-refractivity contribution in [3.05, 3.63) is 47.1 Å². The second-order valence-corrected chi connectivity index (χ2v) is 4.01. The maximum atomic E-state index is 11.1. The minimum absolute atomic E-state index is 0.683. The molecule has 0 aromatic heterocycles. The van der Waals surface area contributed by atoms with Crippen LogP contribution >= 0.6 is 0 Å². The summed E-state index contributed by atoms with van der Waals surface area (Å²) in [5.41, 5.74) is 3.64. The summed E-state index contributed by atoms with van der Waals surface area (Å²) in [4.78, 5) is 11.1. The molecular formula is C15H13NO2. The van der Waals surface area contributed by atoms with Crippen LogP contribution in [-0.4, -0.2) is 13.4 Å². The molecule has 0 atom stereocenters. The zero-order valence-corrected chi connectivity index (χ0v) is 10.1. The number of hydrogen-bond acceptors (Lipinski definition) is 3. The lowest BCUT2D eigenvalue weighted by molar-refractivity contribution is -0.105. The number of carbonyl (C=O) groups excluding carboxylic acids is 1. The van der Waals surface area contributed by atoms with E-state index in [9.17, 15) is 4.79 Å². The number of rotatable bonds is 3. The van der Waals surface area contributed by atoms with E-state index >= 15 is 0 Å². The molecule has 3 nitrogen and oxygen atoms in total. The van der Waals surface area contributed by atoms with Crippen molar-refractivity contribution in [1.82, 2.24) is 0 Å². The zero-order chi connectivity index (χ0) is 13.0. The van der Waals surface area contributed by atoms with Gasteiger partial charge in [0.05, 0.1) is 13.2 Å². The molecule has 1 aromatic rings. The topological polar surface area (TPSA) is 50.1 Å². The van der Waals surface area contributed by atoms with Gasteiger partial charge in [0.1, 0.15) is 12.0 Å². The van der Waals surface area contributed by atoms with Crippen LogP contribution in [-0.2, 0) is 11.2 Å². The monoisotopic (exact) mass is 239 g/mol. The molecule has 0 unspecified atom stereocenters. The first-order valence-corrected chi connectivity index (χ1v) is 5.72. The molecule has 0 spiro atoms. The Morgan fingerprint density at radius 2 is 2.22 bits per heavy atom. The zero-order valence-electron chi connectivity index (χ0n) is 10.1. The van der Waals surface area contributed by atoms with Crippen LogP contribution < -0.4 is 4.74 Å². The Balaban J connectivity index is 2.61. The number of fused-ring (bicyclic) bond motifs is 1. The molecule has 3 heteroatoms. The molecule has 0 heterocycles. The van der Waals surface area contributed by atoms with Crippen molar-refractivity contribution in [1.29, 1.82) is 5.26 Å². The van der Waals surface area contributed by atoms with E-state index in [2.05, 4.69) is 0 Å². The summed E-state index contributed by atoms with van der Waals surface area (Å²) in [7, 11) is 1.64. The number of benzene rings is 1. The SMILES string of the molecule is COc1cccc2c1CCC(C=O)=C2/C=C/C#N. The quantitative estimate of drug-likeness (QED) is 0.602. The number of allylic oxidation sites excluding steroid dienone is 4. The van der Waals surface area contributed by atoms with Crippen molar-refractivity contribution in [3.63, 3.8) is 0 Å². The molecule has 0 saturated heterocycles. The van der Waals surface area contributed by atoms with Gasteiger partial charge in [-0.3, -0.25) is 4.79 Å². The number of hydrogen-bond donors (Lipinski definition) is 0. The van der Waals surface area contributed by atoms with Crippen molar-refractivity contribution in [3.8, 4) is 11.8 Å². The Kier molecular flexibility index (Phi) is 3.59. The Hall–Kier alpha value is -2.34. The number of ether oxygens (including phenoxy) is 1. The molecule has 18 heavy (non-hydrogen) atoms. The fraction of sp³-hybridized carbons (Fsp3) is 0.200. The van der Waals surface area contributed by atoms with Gasteiger partial charge in [0.25, 0.3) is 0 Å². The lowest BCUT2D eigenvalue weighted by Gasteiger charge is -2.20. The molecule has 1 aliphatic rings. The minimum Gasteiger partial charge on any atom is -0.496 e. The maximum Gasteiger partial charge on any atom is 0.146 e. The molecule has 90 valence electrons. The molecule has 2 rings (SSSR count). The van der Waals surface area contributed by atoms with E-state index in [1.807, 2.05) is 24.3 Å². The van der Waals surface area contributed by atoms with Gasteiger partial charge in [-0.2, -0.15) is 5.26 Å². The third kappa shape index (κ3) is 2.05.